The van der Waals surface area contributed by atoms with Crippen LogP contribution >= 0.6 is 0 Å². The van der Waals surface area contributed by atoms with Gasteiger partial charge in [0.2, 0.25) is 0 Å². The van der Waals surface area contributed by atoms with Crippen LogP contribution in [0.1, 0.15) is 18.4 Å². The van der Waals surface area contributed by atoms with Crippen LogP contribution in [0.4, 0.5) is 29.3 Å². The Morgan fingerprint density at radius 1 is 0.906 bits per heavy atom. The van der Waals surface area contributed by atoms with Gasteiger partial charge in [0.1, 0.15) is 0 Å². The highest BCUT2D eigenvalue weighted by atomic mass is 19.4. The van der Waals surface area contributed by atoms with E-state index in [4.69, 9.17) is 4.74 Å². The summed E-state index contributed by atoms with van der Waals surface area (Å²) >= 11 is 0. The molecule has 3 rings (SSSR count). The molecule has 2 N–H and O–H groups in total. The van der Waals surface area contributed by atoms with Gasteiger partial charge in [0, 0.05) is 24.5 Å². The summed E-state index contributed by atoms with van der Waals surface area (Å²) in [6.45, 7) is 0.195. The number of nitrogens with zero attached hydrogens (tertiary/aromatic N) is 1. The number of rotatable bonds is 5. The first-order valence-corrected chi connectivity index (χ1v) is 9.97. The van der Waals surface area contributed by atoms with Crippen molar-refractivity contribution in [2.45, 2.75) is 19.0 Å². The van der Waals surface area contributed by atoms with Crippen molar-refractivity contribution < 1.29 is 32.3 Å². The van der Waals surface area contributed by atoms with E-state index in [1.165, 1.54) is 0 Å². The molecule has 0 spiro atoms. The lowest BCUT2D eigenvalue weighted by molar-refractivity contribution is -0.152. The summed E-state index contributed by atoms with van der Waals surface area (Å²) < 4.78 is 42.7. The van der Waals surface area contributed by atoms with E-state index in [9.17, 15) is 27.6 Å². The molecular formula is C22H22F3N3O4. The fraction of sp³-hybridized carbons (Fsp3) is 0.318. The lowest BCUT2D eigenvalue weighted by atomic mass is 9.97. The summed E-state index contributed by atoms with van der Waals surface area (Å²) in [6, 6.07) is 12.7. The van der Waals surface area contributed by atoms with Gasteiger partial charge in [0.25, 0.3) is 5.91 Å². The van der Waals surface area contributed by atoms with E-state index in [0.29, 0.717) is 31.6 Å². The lowest BCUT2D eigenvalue weighted by Crippen LogP contribution is -2.43. The minimum Gasteiger partial charge on any atom is -0.455 e. The van der Waals surface area contributed by atoms with Gasteiger partial charge >= 0.3 is 18.2 Å². The van der Waals surface area contributed by atoms with Crippen molar-refractivity contribution in [3.63, 3.8) is 0 Å². The van der Waals surface area contributed by atoms with E-state index in [2.05, 4.69) is 10.6 Å². The van der Waals surface area contributed by atoms with Crippen LogP contribution in [0.2, 0.25) is 0 Å². The first-order chi connectivity index (χ1) is 15.2. The van der Waals surface area contributed by atoms with E-state index < -0.39 is 36.1 Å². The number of piperidine rings is 1. The molecule has 1 heterocycles. The van der Waals surface area contributed by atoms with Gasteiger partial charge in [-0.3, -0.25) is 9.59 Å². The van der Waals surface area contributed by atoms with Crippen molar-refractivity contribution in [2.24, 2.45) is 5.92 Å². The number of ether oxygens (including phenoxy) is 1. The molecule has 1 aliphatic heterocycles. The number of amides is 3. The van der Waals surface area contributed by atoms with Crippen molar-refractivity contribution in [3.05, 3.63) is 60.2 Å². The molecule has 1 saturated heterocycles. The maximum Gasteiger partial charge on any atom is 0.416 e. The number of benzene rings is 2. The SMILES string of the molecule is O=C(COC(=O)C1CCN(C(=O)Nc2ccccc2)CC1)Nc1ccc(C(F)(F)F)cc1. The maximum atomic E-state index is 12.6. The van der Waals surface area contributed by atoms with Crippen LogP contribution in [-0.2, 0) is 20.5 Å². The van der Waals surface area contributed by atoms with E-state index in [1.54, 1.807) is 17.0 Å². The third kappa shape index (κ3) is 6.47. The van der Waals surface area contributed by atoms with Crippen LogP contribution in [0, 0.1) is 5.92 Å². The summed E-state index contributed by atoms with van der Waals surface area (Å²) in [5, 5.41) is 5.17. The molecule has 0 aromatic heterocycles. The lowest BCUT2D eigenvalue weighted by Gasteiger charge is -2.30. The monoisotopic (exact) mass is 449 g/mol. The number of carbonyl (C=O) groups is 3. The number of halogens is 3. The first-order valence-electron chi connectivity index (χ1n) is 9.97. The van der Waals surface area contributed by atoms with E-state index in [-0.39, 0.29) is 11.7 Å². The van der Waals surface area contributed by atoms with Crippen molar-refractivity contribution >= 4 is 29.3 Å². The highest BCUT2D eigenvalue weighted by Gasteiger charge is 2.30. The van der Waals surface area contributed by atoms with Gasteiger partial charge < -0.3 is 20.3 Å². The molecule has 0 radical (unpaired) electrons. The van der Waals surface area contributed by atoms with Crippen LogP contribution in [0.3, 0.4) is 0 Å². The Kier molecular flexibility index (Phi) is 7.34. The molecular weight excluding hydrogens is 427 g/mol. The smallest absolute Gasteiger partial charge is 0.416 e. The molecule has 2 aromatic rings. The number of esters is 1. The predicted molar refractivity (Wildman–Crippen MR) is 111 cm³/mol. The molecule has 0 unspecified atom stereocenters. The van der Waals surface area contributed by atoms with Gasteiger partial charge in [-0.15, -0.1) is 0 Å². The van der Waals surface area contributed by atoms with Gasteiger partial charge in [-0.2, -0.15) is 13.2 Å². The number of carbonyl (C=O) groups excluding carboxylic acids is 3. The standard InChI is InChI=1S/C22H22F3N3O4/c23-22(24,25)16-6-8-18(9-7-16)26-19(29)14-32-20(30)15-10-12-28(13-11-15)21(31)27-17-4-2-1-3-5-17/h1-9,15H,10-14H2,(H,26,29)(H,27,31). The third-order valence-corrected chi connectivity index (χ3v) is 4.98. The zero-order chi connectivity index (χ0) is 23.1. The average Bonchev–Trinajstić information content (AvgIpc) is 2.78. The highest BCUT2D eigenvalue weighted by molar-refractivity contribution is 5.93. The zero-order valence-electron chi connectivity index (χ0n) is 17.0. The fourth-order valence-corrected chi connectivity index (χ4v) is 3.24. The normalized spacial score (nSPS) is 14.5. The van der Waals surface area contributed by atoms with Crippen LogP contribution < -0.4 is 10.6 Å². The number of para-hydroxylation sites is 1. The quantitative estimate of drug-likeness (QED) is 0.672. The van der Waals surface area contributed by atoms with Gasteiger partial charge in [0.15, 0.2) is 6.61 Å². The van der Waals surface area contributed by atoms with Gasteiger partial charge in [-0.25, -0.2) is 4.79 Å². The Hall–Kier alpha value is -3.56. The average molecular weight is 449 g/mol. The number of nitrogens with one attached hydrogen (secondary N) is 2. The molecule has 2 aromatic carbocycles. The minimum absolute atomic E-state index is 0.164. The van der Waals surface area contributed by atoms with E-state index >= 15 is 0 Å². The van der Waals surface area contributed by atoms with Crippen LogP contribution in [-0.4, -0.2) is 42.5 Å². The molecule has 170 valence electrons. The molecule has 1 aliphatic rings. The first kappa shape index (κ1) is 23.1. The number of alkyl halides is 3. The largest absolute Gasteiger partial charge is 0.455 e. The molecule has 10 heteroatoms. The van der Waals surface area contributed by atoms with Gasteiger partial charge in [0.05, 0.1) is 11.5 Å². The fourth-order valence-electron chi connectivity index (χ4n) is 3.24. The molecule has 32 heavy (non-hydrogen) atoms. The highest BCUT2D eigenvalue weighted by Crippen LogP contribution is 2.29. The second-order valence-electron chi connectivity index (χ2n) is 7.29. The Bertz CT molecular complexity index is 941. The number of urea groups is 1. The molecule has 7 nitrogen and oxygen atoms in total. The molecule has 0 atom stereocenters. The van der Waals surface area contributed by atoms with Crippen LogP contribution in [0.15, 0.2) is 54.6 Å². The summed E-state index contributed by atoms with van der Waals surface area (Å²) in [4.78, 5) is 38.1. The number of likely N-dealkylation sites (tertiary alicyclic amines) is 1. The minimum atomic E-state index is -4.46. The summed E-state index contributed by atoms with van der Waals surface area (Å²) in [5.74, 6) is -1.64. The second kappa shape index (κ2) is 10.2. The Labute approximate surface area is 182 Å². The predicted octanol–water partition coefficient (Wildman–Crippen LogP) is 4.13. The molecule has 3 amide bonds. The number of hydrogen-bond acceptors (Lipinski definition) is 4. The topological polar surface area (TPSA) is 87.7 Å². The van der Waals surface area contributed by atoms with Crippen molar-refractivity contribution in [2.75, 3.05) is 30.3 Å². The van der Waals surface area contributed by atoms with Crippen LogP contribution in [0.5, 0.6) is 0 Å². The molecule has 0 bridgehead atoms. The Balaban J connectivity index is 1.39. The van der Waals surface area contributed by atoms with Crippen molar-refractivity contribution in [1.29, 1.82) is 0 Å². The van der Waals surface area contributed by atoms with Gasteiger partial charge in [-0.05, 0) is 49.2 Å². The van der Waals surface area contributed by atoms with Crippen LogP contribution in [0.25, 0.3) is 0 Å². The summed E-state index contributed by atoms with van der Waals surface area (Å²) in [6.07, 6.45) is -3.65. The summed E-state index contributed by atoms with van der Waals surface area (Å²) in [5.41, 5.74) is 0.0144. The number of anilines is 2. The maximum absolute atomic E-state index is 12.6. The van der Waals surface area contributed by atoms with Crippen molar-refractivity contribution in [1.82, 2.24) is 4.90 Å². The van der Waals surface area contributed by atoms with E-state index in [1.807, 2.05) is 18.2 Å². The van der Waals surface area contributed by atoms with Gasteiger partial charge in [-0.1, -0.05) is 18.2 Å². The Morgan fingerprint density at radius 3 is 2.09 bits per heavy atom. The second-order valence-corrected chi connectivity index (χ2v) is 7.29. The molecule has 0 saturated carbocycles. The zero-order valence-corrected chi connectivity index (χ0v) is 17.0. The Morgan fingerprint density at radius 2 is 1.50 bits per heavy atom. The van der Waals surface area contributed by atoms with Crippen molar-refractivity contribution in [3.8, 4) is 0 Å². The summed E-state index contributed by atoms with van der Waals surface area (Å²) in [7, 11) is 0. The third-order valence-electron chi connectivity index (χ3n) is 4.98. The molecule has 1 fully saturated rings. The van der Waals surface area contributed by atoms with E-state index in [0.717, 1.165) is 24.3 Å². The number of hydrogen-bond donors (Lipinski definition) is 2. The molecule has 0 aliphatic carbocycles.